The second-order valence-electron chi connectivity index (χ2n) is 6.02. The Hall–Kier alpha value is -1.72. The fraction of sp³-hybridized carbons (Fsp3) is 0.353. The Labute approximate surface area is 145 Å². The summed E-state index contributed by atoms with van der Waals surface area (Å²) in [6.07, 6.45) is 0. The lowest BCUT2D eigenvalue weighted by Crippen LogP contribution is -2.30. The first kappa shape index (κ1) is 17.1. The standard InChI is InChI=1S/C17H18N2O3S2/c1-12-6-13(7-18)2-3-17(12)24(21,22)19-8-15(10-20)16(9-19)14-4-5-23-11-14/h2-6,11,15-16,20H,8-10H2,1H3/t15-,16-/m0/s1. The summed E-state index contributed by atoms with van der Waals surface area (Å²) in [5.41, 5.74) is 2.08. The minimum absolute atomic E-state index is 0.00899. The van der Waals surface area contributed by atoms with E-state index in [0.717, 1.165) is 5.56 Å². The summed E-state index contributed by atoms with van der Waals surface area (Å²) < 4.78 is 27.4. The molecule has 3 rings (SSSR count). The number of aryl methyl sites for hydroxylation is 1. The lowest BCUT2D eigenvalue weighted by molar-refractivity contribution is 0.223. The summed E-state index contributed by atoms with van der Waals surface area (Å²) >= 11 is 1.57. The van der Waals surface area contributed by atoms with E-state index in [0.29, 0.717) is 24.2 Å². The Balaban J connectivity index is 1.92. The number of nitriles is 1. The lowest BCUT2D eigenvalue weighted by Gasteiger charge is -2.18. The third kappa shape index (κ3) is 2.98. The SMILES string of the molecule is Cc1cc(C#N)ccc1S(=O)(=O)N1C[C@@H](CO)[C@H](c2ccsc2)C1. The highest BCUT2D eigenvalue weighted by Crippen LogP contribution is 2.36. The molecule has 0 spiro atoms. The van der Waals surface area contributed by atoms with Crippen molar-refractivity contribution in [2.45, 2.75) is 17.7 Å². The highest BCUT2D eigenvalue weighted by Gasteiger charge is 2.40. The molecular formula is C17H18N2O3S2. The first-order chi connectivity index (χ1) is 11.5. The van der Waals surface area contributed by atoms with Gasteiger partial charge in [-0.1, -0.05) is 0 Å². The van der Waals surface area contributed by atoms with Crippen molar-refractivity contribution in [1.29, 1.82) is 5.26 Å². The van der Waals surface area contributed by atoms with Crippen LogP contribution in [-0.2, 0) is 10.0 Å². The van der Waals surface area contributed by atoms with E-state index < -0.39 is 10.0 Å². The van der Waals surface area contributed by atoms with Gasteiger partial charge in [-0.3, -0.25) is 0 Å². The molecule has 0 saturated carbocycles. The zero-order chi connectivity index (χ0) is 17.3. The molecule has 1 saturated heterocycles. The third-order valence-electron chi connectivity index (χ3n) is 4.54. The number of sulfonamides is 1. The molecule has 0 bridgehead atoms. The van der Waals surface area contributed by atoms with Crippen LogP contribution in [0.3, 0.4) is 0 Å². The first-order valence-electron chi connectivity index (χ1n) is 7.61. The predicted molar refractivity (Wildman–Crippen MR) is 92.3 cm³/mol. The Bertz CT molecular complexity index is 870. The van der Waals surface area contributed by atoms with E-state index in [4.69, 9.17) is 5.26 Å². The largest absolute Gasteiger partial charge is 0.396 e. The van der Waals surface area contributed by atoms with Crippen molar-refractivity contribution in [2.24, 2.45) is 5.92 Å². The molecule has 2 heterocycles. The number of nitrogens with zero attached hydrogens (tertiary/aromatic N) is 2. The number of hydrogen-bond donors (Lipinski definition) is 1. The maximum absolute atomic E-state index is 13.0. The van der Waals surface area contributed by atoms with Crippen LogP contribution in [0.1, 0.15) is 22.6 Å². The van der Waals surface area contributed by atoms with Gasteiger partial charge in [-0.05, 0) is 53.1 Å². The fourth-order valence-electron chi connectivity index (χ4n) is 3.22. The van der Waals surface area contributed by atoms with Crippen LogP contribution in [0.5, 0.6) is 0 Å². The Morgan fingerprint density at radius 1 is 1.38 bits per heavy atom. The van der Waals surface area contributed by atoms with Crippen LogP contribution in [0.2, 0.25) is 0 Å². The molecule has 1 aromatic heterocycles. The summed E-state index contributed by atoms with van der Waals surface area (Å²) in [6, 6.07) is 8.61. The van der Waals surface area contributed by atoms with E-state index in [1.165, 1.54) is 16.4 Å². The maximum atomic E-state index is 13.0. The van der Waals surface area contributed by atoms with Crippen LogP contribution in [0.25, 0.3) is 0 Å². The van der Waals surface area contributed by atoms with Gasteiger partial charge in [-0.2, -0.15) is 20.9 Å². The summed E-state index contributed by atoms with van der Waals surface area (Å²) in [5.74, 6) is -0.0947. The molecular weight excluding hydrogens is 344 g/mol. The van der Waals surface area contributed by atoms with E-state index in [1.807, 2.05) is 22.9 Å². The molecule has 1 aliphatic rings. The summed E-state index contributed by atoms with van der Waals surface area (Å²) in [5, 5.41) is 22.6. The number of rotatable bonds is 4. The van der Waals surface area contributed by atoms with E-state index >= 15 is 0 Å². The van der Waals surface area contributed by atoms with Crippen LogP contribution >= 0.6 is 11.3 Å². The molecule has 7 heteroatoms. The topological polar surface area (TPSA) is 81.4 Å². The van der Waals surface area contributed by atoms with Gasteiger partial charge in [0.05, 0.1) is 16.5 Å². The summed E-state index contributed by atoms with van der Waals surface area (Å²) in [6.45, 7) is 2.32. The zero-order valence-electron chi connectivity index (χ0n) is 13.2. The highest BCUT2D eigenvalue weighted by molar-refractivity contribution is 7.89. The van der Waals surface area contributed by atoms with Crippen LogP contribution in [0.15, 0.2) is 39.9 Å². The fourth-order valence-corrected chi connectivity index (χ4v) is 5.68. The average Bonchev–Trinajstić information content (AvgIpc) is 3.23. The summed E-state index contributed by atoms with van der Waals surface area (Å²) in [4.78, 5) is 0.226. The molecule has 24 heavy (non-hydrogen) atoms. The van der Waals surface area contributed by atoms with Gasteiger partial charge < -0.3 is 5.11 Å². The molecule has 2 atom stereocenters. The number of hydrogen-bond acceptors (Lipinski definition) is 5. The molecule has 1 N–H and O–H groups in total. The first-order valence-corrected chi connectivity index (χ1v) is 9.99. The van der Waals surface area contributed by atoms with Crippen LogP contribution in [0, 0.1) is 24.2 Å². The quantitative estimate of drug-likeness (QED) is 0.905. The van der Waals surface area contributed by atoms with Crippen molar-refractivity contribution in [1.82, 2.24) is 4.31 Å². The van der Waals surface area contributed by atoms with Gasteiger partial charge >= 0.3 is 0 Å². The monoisotopic (exact) mass is 362 g/mol. The number of aliphatic hydroxyl groups is 1. The molecule has 1 aliphatic heterocycles. The number of benzene rings is 1. The highest BCUT2D eigenvalue weighted by atomic mass is 32.2. The molecule has 0 radical (unpaired) electrons. The second kappa shape index (κ2) is 6.65. The number of thiophene rings is 1. The van der Waals surface area contributed by atoms with Gasteiger partial charge in [0.25, 0.3) is 0 Å². The van der Waals surface area contributed by atoms with E-state index in [1.54, 1.807) is 24.3 Å². The van der Waals surface area contributed by atoms with E-state index in [-0.39, 0.29) is 23.3 Å². The van der Waals surface area contributed by atoms with Crippen LogP contribution in [-0.4, -0.2) is 37.5 Å². The Morgan fingerprint density at radius 2 is 2.17 bits per heavy atom. The van der Waals surface area contributed by atoms with Gasteiger partial charge in [0.1, 0.15) is 0 Å². The predicted octanol–water partition coefficient (Wildman–Crippen LogP) is 2.32. The van der Waals surface area contributed by atoms with Gasteiger partial charge in [0.2, 0.25) is 10.0 Å². The molecule has 0 unspecified atom stereocenters. The second-order valence-corrected chi connectivity index (χ2v) is 8.71. The van der Waals surface area contributed by atoms with Crippen LogP contribution in [0.4, 0.5) is 0 Å². The van der Waals surface area contributed by atoms with Gasteiger partial charge in [-0.25, -0.2) is 8.42 Å². The normalized spacial score (nSPS) is 21.7. The Morgan fingerprint density at radius 3 is 2.75 bits per heavy atom. The number of aliphatic hydroxyl groups excluding tert-OH is 1. The third-order valence-corrected chi connectivity index (χ3v) is 7.23. The van der Waals surface area contributed by atoms with Crippen molar-refractivity contribution in [2.75, 3.05) is 19.7 Å². The van der Waals surface area contributed by atoms with Crippen molar-refractivity contribution in [3.63, 3.8) is 0 Å². The minimum Gasteiger partial charge on any atom is -0.396 e. The Kier molecular flexibility index (Phi) is 4.74. The molecule has 1 aromatic carbocycles. The smallest absolute Gasteiger partial charge is 0.243 e. The molecule has 126 valence electrons. The molecule has 2 aromatic rings. The van der Waals surface area contributed by atoms with Crippen molar-refractivity contribution in [3.05, 3.63) is 51.7 Å². The molecule has 0 amide bonds. The van der Waals surface area contributed by atoms with Crippen molar-refractivity contribution < 1.29 is 13.5 Å². The summed E-state index contributed by atoms with van der Waals surface area (Å²) in [7, 11) is -3.65. The zero-order valence-corrected chi connectivity index (χ0v) is 14.8. The van der Waals surface area contributed by atoms with Gasteiger partial charge in [0, 0.05) is 31.5 Å². The van der Waals surface area contributed by atoms with Crippen molar-refractivity contribution >= 4 is 21.4 Å². The molecule has 0 aliphatic carbocycles. The van der Waals surface area contributed by atoms with Crippen LogP contribution < -0.4 is 0 Å². The van der Waals surface area contributed by atoms with Gasteiger partial charge in [-0.15, -0.1) is 0 Å². The minimum atomic E-state index is -3.65. The van der Waals surface area contributed by atoms with E-state index in [9.17, 15) is 13.5 Å². The van der Waals surface area contributed by atoms with Gasteiger partial charge in [0.15, 0.2) is 0 Å². The lowest BCUT2D eigenvalue weighted by atomic mass is 9.92. The average molecular weight is 362 g/mol. The van der Waals surface area contributed by atoms with Crippen molar-refractivity contribution in [3.8, 4) is 6.07 Å². The molecule has 1 fully saturated rings. The molecule has 5 nitrogen and oxygen atoms in total. The van der Waals surface area contributed by atoms with E-state index in [2.05, 4.69) is 0 Å². The maximum Gasteiger partial charge on any atom is 0.243 e.